The number of hydrogen-bond acceptors (Lipinski definition) is 5. The van der Waals surface area contributed by atoms with Crippen LogP contribution >= 0.6 is 0 Å². The lowest BCUT2D eigenvalue weighted by atomic mass is 9.98. The number of likely N-dealkylation sites (tertiary alicyclic amines) is 1. The van der Waals surface area contributed by atoms with Gasteiger partial charge in [0.05, 0.1) is 4.90 Å². The highest BCUT2D eigenvalue weighted by atomic mass is 32.2. The van der Waals surface area contributed by atoms with E-state index >= 15 is 0 Å². The van der Waals surface area contributed by atoms with Crippen LogP contribution in [0.2, 0.25) is 0 Å². The maximum atomic E-state index is 12.2. The molecule has 1 saturated heterocycles. The molecule has 1 fully saturated rings. The largest absolute Gasteiger partial charge is 0.444 e. The number of carbonyl (C=O) groups is 1. The molecule has 1 amide bonds. The van der Waals surface area contributed by atoms with E-state index in [1.807, 2.05) is 20.8 Å². The molecule has 0 bridgehead atoms. The molecule has 142 valence electrons. The lowest BCUT2D eigenvalue weighted by Gasteiger charge is -2.33. The second-order valence-corrected chi connectivity index (χ2v) is 9.38. The molecule has 0 unspecified atom stereocenters. The van der Waals surface area contributed by atoms with Crippen LogP contribution in [-0.4, -0.2) is 50.5 Å². The van der Waals surface area contributed by atoms with E-state index in [1.54, 1.807) is 29.2 Å². The molecule has 8 heteroatoms. The Labute approximate surface area is 154 Å². The number of carbonyl (C=O) groups excluding carboxylic acids is 1. The predicted octanol–water partition coefficient (Wildman–Crippen LogP) is 2.37. The van der Waals surface area contributed by atoms with Crippen molar-refractivity contribution in [3.05, 3.63) is 29.8 Å². The number of sulfonamides is 1. The number of piperidine rings is 1. The van der Waals surface area contributed by atoms with Crippen LogP contribution in [0.4, 0.5) is 4.79 Å². The average Bonchev–Trinajstić information content (AvgIpc) is 2.83. The Morgan fingerprint density at radius 1 is 1.35 bits per heavy atom. The number of aliphatic imine (C=N–C) groups is 1. The van der Waals surface area contributed by atoms with Gasteiger partial charge in [-0.1, -0.05) is 12.1 Å². The number of benzene rings is 1. The van der Waals surface area contributed by atoms with Crippen LogP contribution in [0.1, 0.15) is 39.2 Å². The first-order valence-corrected chi connectivity index (χ1v) is 10.3. The molecule has 2 aliphatic heterocycles. The standard InChI is InChI=1S/C18H25N3O4S/c1-18(2,3)25-17(22)21-10-6-7-13(12-21)11-19-16-14-8-4-5-9-15(14)26(23,24)20-16/h4-5,8-9,13H,6-7,10-12H2,1-3H3,(H,19,20)/t13-/m1/s1. The van der Waals surface area contributed by atoms with Gasteiger partial charge in [-0.15, -0.1) is 0 Å². The number of fused-ring (bicyclic) bond motifs is 1. The van der Waals surface area contributed by atoms with Crippen molar-refractivity contribution in [2.24, 2.45) is 10.9 Å². The Bertz CT molecular complexity index is 827. The molecule has 0 aliphatic carbocycles. The summed E-state index contributed by atoms with van der Waals surface area (Å²) in [5, 5.41) is 0. The van der Waals surface area contributed by atoms with Crippen molar-refractivity contribution >= 4 is 22.0 Å². The molecule has 0 radical (unpaired) electrons. The van der Waals surface area contributed by atoms with Gasteiger partial charge in [-0.25, -0.2) is 13.2 Å². The third kappa shape index (κ3) is 4.17. The van der Waals surface area contributed by atoms with Crippen molar-refractivity contribution in [1.82, 2.24) is 9.62 Å². The highest BCUT2D eigenvalue weighted by molar-refractivity contribution is 7.90. The molecule has 3 rings (SSSR count). The van der Waals surface area contributed by atoms with Crippen LogP contribution in [0.25, 0.3) is 0 Å². The monoisotopic (exact) mass is 379 g/mol. The van der Waals surface area contributed by atoms with E-state index in [0.717, 1.165) is 12.8 Å². The SMILES string of the molecule is CC(C)(C)OC(=O)N1CCC[C@H](CN=C2NS(=O)(=O)c3ccccc32)C1. The normalized spacial score (nSPS) is 23.4. The topological polar surface area (TPSA) is 88.1 Å². The van der Waals surface area contributed by atoms with Crippen molar-refractivity contribution in [2.45, 2.75) is 44.1 Å². The van der Waals surface area contributed by atoms with Crippen LogP contribution < -0.4 is 4.72 Å². The zero-order valence-electron chi connectivity index (χ0n) is 15.4. The summed E-state index contributed by atoms with van der Waals surface area (Å²) in [7, 11) is -3.52. The third-order valence-electron chi connectivity index (χ3n) is 4.34. The van der Waals surface area contributed by atoms with Crippen LogP contribution in [0.15, 0.2) is 34.2 Å². The molecule has 0 spiro atoms. The summed E-state index contributed by atoms with van der Waals surface area (Å²) in [6.07, 6.45) is 1.53. The Balaban J connectivity index is 1.67. The first-order chi connectivity index (χ1) is 12.2. The maximum Gasteiger partial charge on any atom is 0.410 e. The summed E-state index contributed by atoms with van der Waals surface area (Å²) < 4.78 is 32.2. The lowest BCUT2D eigenvalue weighted by Crippen LogP contribution is -2.43. The van der Waals surface area contributed by atoms with Crippen LogP contribution in [0, 0.1) is 5.92 Å². The van der Waals surface area contributed by atoms with Crippen LogP contribution in [0.3, 0.4) is 0 Å². The molecule has 1 aromatic rings. The van der Waals surface area contributed by atoms with Gasteiger partial charge in [-0.05, 0) is 51.7 Å². The Morgan fingerprint density at radius 3 is 2.81 bits per heavy atom. The molecule has 1 aromatic carbocycles. The highest BCUT2D eigenvalue weighted by Gasteiger charge is 2.31. The van der Waals surface area contributed by atoms with Gasteiger partial charge < -0.3 is 9.64 Å². The van der Waals surface area contributed by atoms with Crippen molar-refractivity contribution in [1.29, 1.82) is 0 Å². The number of nitrogens with one attached hydrogen (secondary N) is 1. The van der Waals surface area contributed by atoms with Crippen LogP contribution in [-0.2, 0) is 14.8 Å². The van der Waals surface area contributed by atoms with E-state index in [1.165, 1.54) is 0 Å². The van der Waals surface area contributed by atoms with Crippen LogP contribution in [0.5, 0.6) is 0 Å². The van der Waals surface area contributed by atoms with Crippen molar-refractivity contribution in [3.8, 4) is 0 Å². The third-order valence-corrected chi connectivity index (χ3v) is 5.74. The molecule has 0 saturated carbocycles. The number of ether oxygens (including phenoxy) is 1. The van der Waals surface area contributed by atoms with Gasteiger partial charge in [0.1, 0.15) is 11.4 Å². The van der Waals surface area contributed by atoms with E-state index in [0.29, 0.717) is 31.0 Å². The molecule has 2 heterocycles. The molecular formula is C18H25N3O4S. The van der Waals surface area contributed by atoms with Crippen molar-refractivity contribution < 1.29 is 17.9 Å². The summed E-state index contributed by atoms with van der Waals surface area (Å²) in [5.41, 5.74) is 0.0862. The number of amides is 1. The summed E-state index contributed by atoms with van der Waals surface area (Å²) in [4.78, 5) is 18.7. The fraction of sp³-hybridized carbons (Fsp3) is 0.556. The Morgan fingerprint density at radius 2 is 2.08 bits per heavy atom. The number of amidine groups is 1. The van der Waals surface area contributed by atoms with Gasteiger partial charge in [0.15, 0.2) is 0 Å². The minimum Gasteiger partial charge on any atom is -0.444 e. The van der Waals surface area contributed by atoms with Gasteiger partial charge in [0.2, 0.25) is 0 Å². The number of rotatable bonds is 2. The van der Waals surface area contributed by atoms with E-state index in [4.69, 9.17) is 4.74 Å². The predicted molar refractivity (Wildman–Crippen MR) is 98.7 cm³/mol. The number of nitrogens with zero attached hydrogens (tertiary/aromatic N) is 2. The van der Waals surface area contributed by atoms with Gasteiger partial charge >= 0.3 is 6.09 Å². The fourth-order valence-corrected chi connectivity index (χ4v) is 4.43. The second kappa shape index (κ2) is 6.90. The molecule has 7 nitrogen and oxygen atoms in total. The molecule has 1 atom stereocenters. The number of hydrogen-bond donors (Lipinski definition) is 1. The zero-order valence-corrected chi connectivity index (χ0v) is 16.2. The quantitative estimate of drug-likeness (QED) is 0.854. The van der Waals surface area contributed by atoms with Crippen molar-refractivity contribution in [2.75, 3.05) is 19.6 Å². The average molecular weight is 379 g/mol. The van der Waals surface area contributed by atoms with Gasteiger partial charge in [0, 0.05) is 25.2 Å². The minimum absolute atomic E-state index is 0.182. The summed E-state index contributed by atoms with van der Waals surface area (Å²) >= 11 is 0. The molecule has 2 aliphatic rings. The highest BCUT2D eigenvalue weighted by Crippen LogP contribution is 2.24. The summed E-state index contributed by atoms with van der Waals surface area (Å²) in [5.74, 6) is 0.566. The van der Waals surface area contributed by atoms with E-state index in [-0.39, 0.29) is 16.9 Å². The maximum absolute atomic E-state index is 12.2. The minimum atomic E-state index is -3.52. The van der Waals surface area contributed by atoms with Gasteiger partial charge in [-0.2, -0.15) is 0 Å². The Hall–Kier alpha value is -2.09. The summed E-state index contributed by atoms with van der Waals surface area (Å²) in [6.45, 7) is 7.26. The fourth-order valence-electron chi connectivity index (χ4n) is 3.18. The molecule has 26 heavy (non-hydrogen) atoms. The second-order valence-electron chi connectivity index (χ2n) is 7.73. The van der Waals surface area contributed by atoms with E-state index in [9.17, 15) is 13.2 Å². The molecular weight excluding hydrogens is 354 g/mol. The van der Waals surface area contributed by atoms with Crippen molar-refractivity contribution in [3.63, 3.8) is 0 Å². The smallest absolute Gasteiger partial charge is 0.410 e. The lowest BCUT2D eigenvalue weighted by molar-refractivity contribution is 0.0171. The van der Waals surface area contributed by atoms with Gasteiger partial charge in [-0.3, -0.25) is 9.71 Å². The van der Waals surface area contributed by atoms with Gasteiger partial charge in [0.25, 0.3) is 10.0 Å². The summed E-state index contributed by atoms with van der Waals surface area (Å²) in [6, 6.07) is 6.81. The first-order valence-electron chi connectivity index (χ1n) is 8.80. The zero-order chi connectivity index (χ0) is 18.9. The van der Waals surface area contributed by atoms with E-state index < -0.39 is 15.6 Å². The molecule has 1 N–H and O–H groups in total. The van der Waals surface area contributed by atoms with E-state index in [2.05, 4.69) is 9.71 Å². The first kappa shape index (κ1) is 18.7. The molecule has 0 aromatic heterocycles. The Kier molecular flexibility index (Phi) is 4.96.